The van der Waals surface area contributed by atoms with Crippen LogP contribution in [0.1, 0.15) is 0 Å². The zero-order chi connectivity index (χ0) is 0. The van der Waals surface area contributed by atoms with Crippen LogP contribution in [0.5, 0.6) is 0 Å². The molecule has 0 rings (SSSR count). The van der Waals surface area contributed by atoms with Crippen LogP contribution in [-0.4, -0.2) is 0 Å². The van der Waals surface area contributed by atoms with Crippen molar-refractivity contribution in [3.05, 3.63) is 0 Å². The van der Waals surface area contributed by atoms with Crippen LogP contribution < -0.4 is 0 Å². The Morgan fingerprint density at radius 1 is 0.167 bits per heavy atom. The summed E-state index contributed by atoms with van der Waals surface area (Å²) in [6.45, 7) is 0. The maximum Gasteiger partial charge on any atom is -0.114 e. The van der Waals surface area contributed by atoms with Crippen molar-refractivity contribution in [1.29, 1.82) is 0 Å². The van der Waals surface area contributed by atoms with Crippen LogP contribution in [0.4, 0.5) is 0 Å². The minimum Gasteiger partial charge on any atom is -0.114 e. The Morgan fingerprint density at radius 2 is 0.167 bits per heavy atom. The molecule has 0 heterocycles. The second-order valence-electron chi connectivity index (χ2n) is 0. The zero-order valence-corrected chi connectivity index (χ0v) is 12.7. The number of hydrogen-bond acceptors (Lipinski definition) is 0. The molecule has 0 spiro atoms. The highest BCUT2D eigenvalue weighted by Gasteiger charge is -0.109. The minimum absolute atomic E-state index is 0. The Kier molecular flexibility index (Phi) is 498. The summed E-state index contributed by atoms with van der Waals surface area (Å²) in [5.74, 6) is 0. The lowest BCUT2D eigenvalue weighted by Gasteiger charge is -0.115. The average Bonchev–Trinajstić information content (AvgIpc) is 0. The monoisotopic (exact) mass is 480 g/mol. The third-order valence-corrected chi connectivity index (χ3v) is 0. The summed E-state index contributed by atoms with van der Waals surface area (Å²) in [6, 6.07) is 0. The Bertz CT molecular complexity index is 0. The molecule has 0 aliphatic heterocycles. The summed E-state index contributed by atoms with van der Waals surface area (Å²) in [5.41, 5.74) is 0. The Hall–Kier alpha value is 2.88. The van der Waals surface area contributed by atoms with Gasteiger partial charge in [0.25, 0.3) is 0 Å². The molecule has 0 aromatic heterocycles. The van der Waals surface area contributed by atoms with Crippen molar-refractivity contribution < 1.29 is 0 Å². The predicted octanol–water partition coefficient (Wildman–Crippen LogP) is 3.47. The van der Waals surface area contributed by atoms with Gasteiger partial charge in [-0.3, -0.25) is 0 Å². The zero-order valence-electron chi connectivity index (χ0n) is 2.45. The van der Waals surface area contributed by atoms with Gasteiger partial charge in [-0.1, -0.05) is 0 Å². The summed E-state index contributed by atoms with van der Waals surface area (Å²) < 4.78 is 0. The molecule has 0 fully saturated rings. The molecule has 0 aromatic carbocycles. The smallest absolute Gasteiger partial charge is 0.114 e. The first-order valence-electron chi connectivity index (χ1n) is 0. The molecule has 0 saturated carbocycles. The standard InChI is InChI=1S/6BrH/h6*1H. The van der Waals surface area contributed by atoms with Crippen LogP contribution in [0.25, 0.3) is 0 Å². The summed E-state index contributed by atoms with van der Waals surface area (Å²) >= 11 is 0. The first kappa shape index (κ1) is 66.5. The molecule has 0 N–H and O–H groups in total. The second-order valence-corrected chi connectivity index (χ2v) is 0. The third kappa shape index (κ3) is 28.7. The SMILES string of the molecule is Br.Br.Br.Br.Br.Br. The van der Waals surface area contributed by atoms with Gasteiger partial charge in [-0.2, -0.15) is 0 Å². The fourth-order valence-corrected chi connectivity index (χ4v) is 0. The lowest BCUT2D eigenvalue weighted by Crippen LogP contribution is 0.845. The average molecular weight is 485 g/mol. The molecular weight excluding hydrogens is 479 g/mol. The Morgan fingerprint density at radius 3 is 0.167 bits per heavy atom. The van der Waals surface area contributed by atoms with E-state index in [2.05, 4.69) is 0 Å². The predicted molar refractivity (Wildman–Crippen MR) is 61.9 cm³/mol. The molecule has 0 amide bonds. The Balaban J connectivity index is 0. The van der Waals surface area contributed by atoms with Crippen molar-refractivity contribution >= 4 is 102 Å². The lowest BCUT2D eigenvalue weighted by molar-refractivity contribution is 8.93. The van der Waals surface area contributed by atoms with Gasteiger partial charge in [0.2, 0.25) is 0 Å². The molecule has 0 aromatic rings. The first-order chi connectivity index (χ1) is 0. The molecule has 48 valence electrons. The van der Waals surface area contributed by atoms with E-state index in [1.807, 2.05) is 0 Å². The van der Waals surface area contributed by atoms with E-state index in [0.717, 1.165) is 0 Å². The molecule has 0 radical (unpaired) electrons. The van der Waals surface area contributed by atoms with Crippen molar-refractivity contribution in [2.24, 2.45) is 0 Å². The van der Waals surface area contributed by atoms with E-state index in [0.29, 0.717) is 0 Å². The van der Waals surface area contributed by atoms with Gasteiger partial charge >= 0.3 is 0 Å². The van der Waals surface area contributed by atoms with Crippen LogP contribution in [0, 0.1) is 0 Å². The van der Waals surface area contributed by atoms with Crippen LogP contribution in [0.2, 0.25) is 0 Å². The van der Waals surface area contributed by atoms with Crippen LogP contribution in [0.3, 0.4) is 0 Å². The van der Waals surface area contributed by atoms with Gasteiger partial charge in [-0.05, 0) is 0 Å². The van der Waals surface area contributed by atoms with Crippen molar-refractivity contribution in [3.63, 3.8) is 0 Å². The van der Waals surface area contributed by atoms with Gasteiger partial charge in [-0.15, -0.1) is 102 Å². The van der Waals surface area contributed by atoms with Gasteiger partial charge in [0.05, 0.1) is 0 Å². The first-order valence-corrected chi connectivity index (χ1v) is 0. The number of hydrogen-bond donors (Lipinski definition) is 0. The largest absolute Gasteiger partial charge is 0.114 e. The van der Waals surface area contributed by atoms with Crippen LogP contribution in [0.15, 0.2) is 0 Å². The molecule has 6 heteroatoms. The topological polar surface area (TPSA) is 0 Å². The molecule has 0 bridgehead atoms. The van der Waals surface area contributed by atoms with E-state index in [1.165, 1.54) is 0 Å². The summed E-state index contributed by atoms with van der Waals surface area (Å²) in [4.78, 5) is 0. The maximum atomic E-state index is 0. The Labute approximate surface area is 100 Å². The summed E-state index contributed by atoms with van der Waals surface area (Å²) in [7, 11) is 0. The molecule has 0 unspecified atom stereocenters. The van der Waals surface area contributed by atoms with Gasteiger partial charge in [0.1, 0.15) is 0 Å². The van der Waals surface area contributed by atoms with Gasteiger partial charge in [-0.25, -0.2) is 0 Å². The normalized spacial score (nSPS) is 0. The molecule has 6 heavy (non-hydrogen) atoms. The van der Waals surface area contributed by atoms with Gasteiger partial charge in [0.15, 0.2) is 0 Å². The highest BCUT2D eigenvalue weighted by Crippen LogP contribution is 0.851. The van der Waals surface area contributed by atoms with Crippen molar-refractivity contribution in [1.82, 2.24) is 0 Å². The van der Waals surface area contributed by atoms with E-state index >= 15 is 0 Å². The van der Waals surface area contributed by atoms with Gasteiger partial charge in [0, 0.05) is 0 Å². The third-order valence-electron chi connectivity index (χ3n) is 0. The van der Waals surface area contributed by atoms with Crippen molar-refractivity contribution in [2.45, 2.75) is 0 Å². The molecule has 0 aliphatic carbocycles. The van der Waals surface area contributed by atoms with Crippen LogP contribution in [-0.2, 0) is 0 Å². The van der Waals surface area contributed by atoms with E-state index in [4.69, 9.17) is 0 Å². The van der Waals surface area contributed by atoms with Crippen LogP contribution >= 0.6 is 102 Å². The van der Waals surface area contributed by atoms with Crippen molar-refractivity contribution in [3.8, 4) is 0 Å². The molecular formula is H6Br6. The molecule has 0 aliphatic rings. The van der Waals surface area contributed by atoms with E-state index in [-0.39, 0.29) is 102 Å². The molecule has 0 nitrogen and oxygen atoms in total. The highest BCUT2D eigenvalue weighted by molar-refractivity contribution is 8.93. The fourth-order valence-electron chi connectivity index (χ4n) is 0. The highest BCUT2D eigenvalue weighted by atomic mass is 79.9. The van der Waals surface area contributed by atoms with E-state index in [9.17, 15) is 0 Å². The molecule has 0 saturated heterocycles. The summed E-state index contributed by atoms with van der Waals surface area (Å²) in [6.07, 6.45) is 0. The van der Waals surface area contributed by atoms with Gasteiger partial charge < -0.3 is 0 Å². The summed E-state index contributed by atoms with van der Waals surface area (Å²) in [5, 5.41) is 0. The number of rotatable bonds is 0. The number of halogens is 6. The van der Waals surface area contributed by atoms with E-state index < -0.39 is 0 Å². The quantitative estimate of drug-likeness (QED) is 0.493. The van der Waals surface area contributed by atoms with E-state index in [1.54, 1.807) is 0 Å². The fraction of sp³-hybridized carbons (Fsp3) is 0. The van der Waals surface area contributed by atoms with Crippen molar-refractivity contribution in [2.75, 3.05) is 0 Å². The maximum absolute atomic E-state index is 0. The minimum atomic E-state index is 0. The lowest BCUT2D eigenvalue weighted by atomic mass is 79.9. The second kappa shape index (κ2) is 45.0. The molecule has 0 atom stereocenters.